The van der Waals surface area contributed by atoms with E-state index in [0.29, 0.717) is 11.2 Å². The molecule has 4 aromatic heterocycles. The Kier molecular flexibility index (Phi) is 7.65. The summed E-state index contributed by atoms with van der Waals surface area (Å²) in [6.07, 6.45) is -3.62. The number of aromatic nitrogens is 8. The van der Waals surface area contributed by atoms with Crippen LogP contribution in [0, 0.1) is 5.92 Å². The molecule has 5 N–H and O–H groups in total. The van der Waals surface area contributed by atoms with E-state index >= 15 is 4.39 Å². The van der Waals surface area contributed by atoms with E-state index in [4.69, 9.17) is 50.8 Å². The molecule has 18 nitrogen and oxygen atoms in total. The molecule has 0 amide bonds. The molecule has 2 bridgehead atoms. The molecule has 3 saturated heterocycles. The number of fused-ring (bicyclic) bond motifs is 5. The summed E-state index contributed by atoms with van der Waals surface area (Å²) in [6, 6.07) is 0. The van der Waals surface area contributed by atoms with Crippen molar-refractivity contribution in [2.45, 2.75) is 50.0 Å². The van der Waals surface area contributed by atoms with Crippen LogP contribution >= 0.6 is 25.8 Å². The van der Waals surface area contributed by atoms with Crippen LogP contribution in [0.1, 0.15) is 19.4 Å². The number of halogens is 1. The molecule has 10 atom stereocenters. The monoisotopic (exact) mass is 690 g/mol. The SMILES string of the molecule is C[C@H]1[C@H]2OP(=O)(S)OC[C@H]3O[C@@H](n4cnc5c(N)ncnc54)[C@H](F)[C@@H]3OP(O)(=S)OC[C@H]1O[C@H]2n1cnc2c(N)ncnc21. The fourth-order valence-corrected chi connectivity index (χ4v) is 8.37. The van der Waals surface area contributed by atoms with Crippen LogP contribution in [0.4, 0.5) is 16.0 Å². The number of nitrogen functional groups attached to an aromatic ring is 2. The molecule has 3 fully saturated rings. The first kappa shape index (κ1) is 30.2. The highest BCUT2D eigenvalue weighted by Crippen LogP contribution is 2.59. The van der Waals surface area contributed by atoms with Gasteiger partial charge in [0.2, 0.25) is 0 Å². The van der Waals surface area contributed by atoms with Gasteiger partial charge in [-0.1, -0.05) is 19.2 Å². The molecular formula is C21H25FN10O8P2S2. The summed E-state index contributed by atoms with van der Waals surface area (Å²) in [4.78, 5) is 35.6. The van der Waals surface area contributed by atoms with E-state index in [2.05, 4.69) is 42.2 Å². The molecule has 0 aliphatic carbocycles. The molecule has 3 aliphatic heterocycles. The Morgan fingerprint density at radius 3 is 2.11 bits per heavy atom. The Balaban J connectivity index is 1.20. The van der Waals surface area contributed by atoms with Crippen molar-refractivity contribution >= 4 is 71.5 Å². The number of hydrogen-bond acceptors (Lipinski definition) is 16. The number of anilines is 2. The van der Waals surface area contributed by atoms with Crippen LogP contribution in [0.15, 0.2) is 25.3 Å². The lowest BCUT2D eigenvalue weighted by Crippen LogP contribution is -2.34. The van der Waals surface area contributed by atoms with Crippen LogP contribution in [0.5, 0.6) is 0 Å². The number of nitrogens with zero attached hydrogens (tertiary/aromatic N) is 8. The van der Waals surface area contributed by atoms with E-state index < -0.39 is 69.1 Å². The molecule has 236 valence electrons. The first-order valence-electron chi connectivity index (χ1n) is 13.0. The first-order valence-corrected chi connectivity index (χ1v) is 18.3. The lowest BCUT2D eigenvalue weighted by molar-refractivity contribution is -0.0577. The molecular weight excluding hydrogens is 665 g/mol. The summed E-state index contributed by atoms with van der Waals surface area (Å²) in [7, 11) is 0. The summed E-state index contributed by atoms with van der Waals surface area (Å²) in [5.74, 6) is -0.286. The van der Waals surface area contributed by atoms with Gasteiger partial charge in [0.1, 0.15) is 42.0 Å². The van der Waals surface area contributed by atoms with Crippen molar-refractivity contribution in [3.8, 4) is 0 Å². The van der Waals surface area contributed by atoms with E-state index in [-0.39, 0.29) is 29.4 Å². The molecule has 23 heteroatoms. The summed E-state index contributed by atoms with van der Waals surface area (Å²) in [5.41, 5.74) is 12.9. The zero-order valence-electron chi connectivity index (χ0n) is 22.5. The molecule has 4 aromatic rings. The number of ether oxygens (including phenoxy) is 2. The highest BCUT2D eigenvalue weighted by molar-refractivity contribution is 8.44. The van der Waals surface area contributed by atoms with Crippen molar-refractivity contribution in [3.63, 3.8) is 0 Å². The van der Waals surface area contributed by atoms with Crippen LogP contribution in [-0.2, 0) is 43.9 Å². The van der Waals surface area contributed by atoms with Gasteiger partial charge in [0.25, 0.3) is 0 Å². The number of nitrogens with two attached hydrogens (primary N) is 2. The van der Waals surface area contributed by atoms with E-state index in [1.807, 2.05) is 0 Å². The fourth-order valence-electron chi connectivity index (χ4n) is 5.41. The van der Waals surface area contributed by atoms with Crippen LogP contribution in [0.2, 0.25) is 0 Å². The zero-order valence-corrected chi connectivity index (χ0v) is 26.0. The van der Waals surface area contributed by atoms with Crippen molar-refractivity contribution in [2.75, 3.05) is 24.7 Å². The maximum absolute atomic E-state index is 16.0. The molecule has 7 heterocycles. The van der Waals surface area contributed by atoms with Crippen molar-refractivity contribution < 1.29 is 41.4 Å². The van der Waals surface area contributed by atoms with Gasteiger partial charge >= 0.3 is 13.5 Å². The Hall–Kier alpha value is -2.42. The quantitative estimate of drug-likeness (QED) is 0.173. The highest BCUT2D eigenvalue weighted by atomic mass is 32.7. The minimum Gasteiger partial charge on any atom is -0.382 e. The summed E-state index contributed by atoms with van der Waals surface area (Å²) in [5, 5.41) is 0. The average Bonchev–Trinajstić information content (AvgIpc) is 3.73. The second-order valence-electron chi connectivity index (χ2n) is 10.3. The minimum atomic E-state index is -4.18. The van der Waals surface area contributed by atoms with Gasteiger partial charge in [-0.2, -0.15) is 0 Å². The highest BCUT2D eigenvalue weighted by Gasteiger charge is 2.53. The number of rotatable bonds is 2. The van der Waals surface area contributed by atoms with Gasteiger partial charge in [-0.05, 0) is 11.8 Å². The van der Waals surface area contributed by atoms with Crippen molar-refractivity contribution in [2.24, 2.45) is 5.92 Å². The zero-order chi connectivity index (χ0) is 31.0. The summed E-state index contributed by atoms with van der Waals surface area (Å²) < 4.78 is 67.5. The smallest absolute Gasteiger partial charge is 0.382 e. The maximum atomic E-state index is 16.0. The van der Waals surface area contributed by atoms with Gasteiger partial charge in [-0.15, -0.1) is 0 Å². The Labute approximate surface area is 257 Å². The van der Waals surface area contributed by atoms with Crippen LogP contribution < -0.4 is 11.5 Å². The van der Waals surface area contributed by atoms with Gasteiger partial charge in [-0.25, -0.2) is 38.9 Å². The molecule has 3 aliphatic rings. The predicted molar refractivity (Wildman–Crippen MR) is 156 cm³/mol. The van der Waals surface area contributed by atoms with Gasteiger partial charge in [0.05, 0.1) is 32.0 Å². The van der Waals surface area contributed by atoms with E-state index in [0.717, 1.165) is 0 Å². The molecule has 0 saturated carbocycles. The van der Waals surface area contributed by atoms with Crippen LogP contribution in [0.25, 0.3) is 22.3 Å². The molecule has 0 spiro atoms. The minimum absolute atomic E-state index is 0.0840. The Morgan fingerprint density at radius 1 is 0.909 bits per heavy atom. The maximum Gasteiger partial charge on any atom is 0.386 e. The Morgan fingerprint density at radius 2 is 1.48 bits per heavy atom. The number of hydrogen-bond donors (Lipinski definition) is 4. The third kappa shape index (κ3) is 5.28. The average molecular weight is 691 g/mol. The van der Waals surface area contributed by atoms with Gasteiger partial charge < -0.3 is 30.4 Å². The number of thiol groups is 1. The van der Waals surface area contributed by atoms with E-state index in [9.17, 15) is 9.46 Å². The van der Waals surface area contributed by atoms with Crippen LogP contribution in [-0.4, -0.2) is 87.7 Å². The number of imidazole rings is 2. The molecule has 7 rings (SSSR count). The van der Waals surface area contributed by atoms with Crippen molar-refractivity contribution in [1.29, 1.82) is 0 Å². The molecule has 2 unspecified atom stereocenters. The standard InChI is InChI=1S/C21H25FN10O8P2S2/c1-8-9-2-35-42(34,44)40-15-10(38-20(11(15)22)31-6-29-12-16(23)25-4-27-18(12)31)3-36-41(33,43)39-14(8)21(37-9)32-7-30-13-17(24)26-5-28-19(13)32/h4-11,14-15,20-21H,2-3H2,1H3,(H,33,43)(H,34,44)(H2,23,25,27)(H2,24,26,28)/t8-,9-,10-,11-,14-,15-,20-,21-,41?,42?/m1/s1. The lowest BCUT2D eigenvalue weighted by atomic mass is 10.0. The molecule has 44 heavy (non-hydrogen) atoms. The normalized spacial score (nSPS) is 38.3. The predicted octanol–water partition coefficient (Wildman–Crippen LogP) is 1.67. The molecule has 0 radical (unpaired) electrons. The first-order chi connectivity index (χ1) is 20.9. The topological polar surface area (TPSA) is 232 Å². The second-order valence-corrected chi connectivity index (χ2v) is 15.9. The largest absolute Gasteiger partial charge is 0.386 e. The van der Waals surface area contributed by atoms with Crippen molar-refractivity contribution in [1.82, 2.24) is 39.0 Å². The van der Waals surface area contributed by atoms with Gasteiger partial charge in [-0.3, -0.25) is 22.7 Å². The Bertz CT molecular complexity index is 1840. The second kappa shape index (κ2) is 11.1. The third-order valence-electron chi connectivity index (χ3n) is 7.60. The van der Waals surface area contributed by atoms with Crippen molar-refractivity contribution in [3.05, 3.63) is 25.3 Å². The molecule has 0 aromatic carbocycles. The summed E-state index contributed by atoms with van der Waals surface area (Å²) in [6.45, 7) is -7.36. The van der Waals surface area contributed by atoms with E-state index in [1.165, 1.54) is 29.9 Å². The van der Waals surface area contributed by atoms with Gasteiger partial charge in [0.15, 0.2) is 41.6 Å². The third-order valence-corrected chi connectivity index (χ3v) is 10.8. The lowest BCUT2D eigenvalue weighted by Gasteiger charge is -2.27. The van der Waals surface area contributed by atoms with Gasteiger partial charge in [0, 0.05) is 5.92 Å². The fraction of sp³-hybridized carbons (Fsp3) is 0.524. The summed E-state index contributed by atoms with van der Waals surface area (Å²) >= 11 is 9.44. The van der Waals surface area contributed by atoms with E-state index in [1.54, 1.807) is 11.5 Å². The van der Waals surface area contributed by atoms with Crippen LogP contribution in [0.3, 0.4) is 0 Å². The number of alkyl halides is 1.